The van der Waals surface area contributed by atoms with Gasteiger partial charge in [-0.15, -0.1) is 0 Å². The number of fused-ring (bicyclic) bond motifs is 3. The third kappa shape index (κ3) is 3.84. The first-order valence-electron chi connectivity index (χ1n) is 9.26. The molecule has 4 aromatic rings. The fourth-order valence-electron chi connectivity index (χ4n) is 3.64. The number of carbonyl (C=O) groups is 2. The highest BCUT2D eigenvalue weighted by molar-refractivity contribution is 6.33. The lowest BCUT2D eigenvalue weighted by molar-refractivity contribution is -0.192. The smallest absolute Gasteiger partial charge is 0.475 e. The van der Waals surface area contributed by atoms with Gasteiger partial charge in [-0.3, -0.25) is 14.8 Å². The van der Waals surface area contributed by atoms with Gasteiger partial charge >= 0.3 is 12.1 Å². The minimum atomic E-state index is -5.08. The van der Waals surface area contributed by atoms with Crippen LogP contribution in [0.1, 0.15) is 10.4 Å². The third-order valence-electron chi connectivity index (χ3n) is 4.94. The molecule has 5 rings (SSSR count). The summed E-state index contributed by atoms with van der Waals surface area (Å²) in [6, 6.07) is 9.36. The number of anilines is 1. The monoisotopic (exact) mass is 462 g/mol. The fourth-order valence-corrected chi connectivity index (χ4v) is 3.85. The van der Waals surface area contributed by atoms with Crippen LogP contribution < -0.4 is 4.90 Å². The summed E-state index contributed by atoms with van der Waals surface area (Å²) in [6.45, 7) is 1.29. The first kappa shape index (κ1) is 21.6. The predicted molar refractivity (Wildman–Crippen MR) is 112 cm³/mol. The van der Waals surface area contributed by atoms with Crippen molar-refractivity contribution in [3.05, 3.63) is 65.7 Å². The topological polar surface area (TPSA) is 88.3 Å². The number of hydrogen-bond donors (Lipinski definition) is 1. The van der Waals surface area contributed by atoms with Crippen molar-refractivity contribution in [1.82, 2.24) is 14.5 Å². The molecule has 3 aromatic heterocycles. The number of carboxylic acid groups (broad SMARTS) is 1. The van der Waals surface area contributed by atoms with Crippen LogP contribution in [0.15, 0.2) is 55.1 Å². The standard InChI is InChI=1S/C19H13ClN4O.C2HF3O2/c20-13-8-15-14-3-5-22-11-17(14)23-6-7-24(16(9-13)18(15)23)19(25)12-2-1-4-21-10-12;3-2(4,5)1(6)7/h1-5,8-11H,6-7H2;(H,6,7). The Balaban J connectivity index is 0.000000307. The van der Waals surface area contributed by atoms with Crippen molar-refractivity contribution in [2.45, 2.75) is 12.7 Å². The molecule has 7 nitrogen and oxygen atoms in total. The molecule has 0 fully saturated rings. The Morgan fingerprint density at radius 2 is 1.75 bits per heavy atom. The largest absolute Gasteiger partial charge is 0.490 e. The molecule has 1 aliphatic rings. The Bertz CT molecular complexity index is 1340. The zero-order valence-electron chi connectivity index (χ0n) is 16.2. The number of carbonyl (C=O) groups excluding carboxylic acids is 1. The molecule has 11 heteroatoms. The molecule has 0 unspecified atom stereocenters. The zero-order chi connectivity index (χ0) is 23.0. The second kappa shape index (κ2) is 8.12. The Morgan fingerprint density at radius 3 is 2.41 bits per heavy atom. The normalized spacial score (nSPS) is 13.1. The van der Waals surface area contributed by atoms with E-state index in [-0.39, 0.29) is 5.91 Å². The van der Waals surface area contributed by atoms with Crippen LogP contribution in [0.5, 0.6) is 0 Å². The molecule has 4 heterocycles. The first-order valence-corrected chi connectivity index (χ1v) is 9.63. The van der Waals surface area contributed by atoms with Crippen molar-refractivity contribution in [1.29, 1.82) is 0 Å². The van der Waals surface area contributed by atoms with Crippen molar-refractivity contribution >= 4 is 51.0 Å². The van der Waals surface area contributed by atoms with E-state index >= 15 is 0 Å². The van der Waals surface area contributed by atoms with Gasteiger partial charge in [-0.25, -0.2) is 4.79 Å². The Hall–Kier alpha value is -3.66. The van der Waals surface area contributed by atoms with E-state index in [4.69, 9.17) is 21.5 Å². The van der Waals surface area contributed by atoms with Gasteiger partial charge in [-0.05, 0) is 30.3 Å². The number of aliphatic carboxylic acids is 1. The molecule has 0 bridgehead atoms. The number of amides is 1. The van der Waals surface area contributed by atoms with E-state index in [2.05, 4.69) is 14.5 Å². The Kier molecular flexibility index (Phi) is 5.47. The maximum Gasteiger partial charge on any atom is 0.490 e. The summed E-state index contributed by atoms with van der Waals surface area (Å²) in [4.78, 5) is 32.0. The molecule has 0 radical (unpaired) electrons. The number of rotatable bonds is 1. The van der Waals surface area contributed by atoms with Crippen molar-refractivity contribution < 1.29 is 27.9 Å². The lowest BCUT2D eigenvalue weighted by atomic mass is 10.1. The summed E-state index contributed by atoms with van der Waals surface area (Å²) in [5.74, 6) is -2.82. The van der Waals surface area contributed by atoms with Gasteiger partial charge in [0.05, 0.1) is 28.5 Å². The zero-order valence-corrected chi connectivity index (χ0v) is 16.9. The lowest BCUT2D eigenvalue weighted by Crippen LogP contribution is -2.37. The fraction of sp³-hybridized carbons (Fsp3) is 0.143. The van der Waals surface area contributed by atoms with Gasteiger partial charge in [0.2, 0.25) is 0 Å². The summed E-state index contributed by atoms with van der Waals surface area (Å²) >= 11 is 6.38. The second-order valence-corrected chi connectivity index (χ2v) is 7.30. The summed E-state index contributed by atoms with van der Waals surface area (Å²) in [6.07, 6.45) is 1.82. The molecule has 1 N–H and O–H groups in total. The maximum atomic E-state index is 13.0. The van der Waals surface area contributed by atoms with E-state index in [1.807, 2.05) is 24.4 Å². The van der Waals surface area contributed by atoms with Crippen LogP contribution in [0, 0.1) is 0 Å². The van der Waals surface area contributed by atoms with Crippen LogP contribution in [0.4, 0.5) is 18.9 Å². The van der Waals surface area contributed by atoms with Gasteiger partial charge in [0, 0.05) is 47.5 Å². The highest BCUT2D eigenvalue weighted by Gasteiger charge is 2.38. The van der Waals surface area contributed by atoms with Gasteiger partial charge in [-0.2, -0.15) is 13.2 Å². The summed E-state index contributed by atoms with van der Waals surface area (Å²) < 4.78 is 34.0. The number of aromatic nitrogens is 3. The molecular formula is C21H14ClF3N4O3. The van der Waals surface area contributed by atoms with Gasteiger partial charge in [0.15, 0.2) is 0 Å². The molecule has 0 saturated heterocycles. The minimum Gasteiger partial charge on any atom is -0.475 e. The van der Waals surface area contributed by atoms with Crippen LogP contribution >= 0.6 is 11.6 Å². The molecule has 32 heavy (non-hydrogen) atoms. The summed E-state index contributed by atoms with van der Waals surface area (Å²) in [5.41, 5.74) is 3.49. The van der Waals surface area contributed by atoms with Gasteiger partial charge in [0.1, 0.15) is 0 Å². The van der Waals surface area contributed by atoms with Crippen molar-refractivity contribution in [3.63, 3.8) is 0 Å². The van der Waals surface area contributed by atoms with Gasteiger partial charge < -0.3 is 14.6 Å². The molecule has 164 valence electrons. The lowest BCUT2D eigenvalue weighted by Gasteiger charge is -2.29. The molecule has 0 aliphatic carbocycles. The molecule has 0 saturated carbocycles. The van der Waals surface area contributed by atoms with Crippen LogP contribution in [0.2, 0.25) is 5.02 Å². The van der Waals surface area contributed by atoms with Crippen molar-refractivity contribution in [2.24, 2.45) is 0 Å². The minimum absolute atomic E-state index is 0.0636. The molecule has 1 aromatic carbocycles. The highest BCUT2D eigenvalue weighted by Crippen LogP contribution is 2.40. The quantitative estimate of drug-likeness (QED) is 0.449. The third-order valence-corrected chi connectivity index (χ3v) is 5.16. The number of nitrogens with zero attached hydrogens (tertiary/aromatic N) is 4. The van der Waals surface area contributed by atoms with Crippen LogP contribution in [-0.4, -0.2) is 44.2 Å². The number of benzene rings is 1. The summed E-state index contributed by atoms with van der Waals surface area (Å²) in [5, 5.41) is 9.89. The van der Waals surface area contributed by atoms with E-state index in [9.17, 15) is 18.0 Å². The number of hydrogen-bond acceptors (Lipinski definition) is 4. The maximum absolute atomic E-state index is 13.0. The molecule has 1 aliphatic heterocycles. The second-order valence-electron chi connectivity index (χ2n) is 6.87. The Labute approximate surface area is 183 Å². The van der Waals surface area contributed by atoms with Crippen molar-refractivity contribution in [3.8, 4) is 0 Å². The van der Waals surface area contributed by atoms with Gasteiger partial charge in [0.25, 0.3) is 5.91 Å². The van der Waals surface area contributed by atoms with Crippen molar-refractivity contribution in [2.75, 3.05) is 11.4 Å². The van der Waals surface area contributed by atoms with E-state index in [0.717, 1.165) is 27.5 Å². The molecular weight excluding hydrogens is 449 g/mol. The van der Waals surface area contributed by atoms with Crippen LogP contribution in [0.25, 0.3) is 21.8 Å². The average molecular weight is 463 g/mol. The summed E-state index contributed by atoms with van der Waals surface area (Å²) in [7, 11) is 0. The van der Waals surface area contributed by atoms with Crippen LogP contribution in [0.3, 0.4) is 0 Å². The molecule has 0 atom stereocenters. The number of carboxylic acids is 1. The molecule has 1 amide bonds. The van der Waals surface area contributed by atoms with Crippen LogP contribution in [-0.2, 0) is 11.3 Å². The SMILES string of the molecule is O=C(O)C(F)(F)F.O=C(c1cccnc1)N1CCn2c3cnccc3c3cc(Cl)cc1c32. The predicted octanol–water partition coefficient (Wildman–Crippen LogP) is 4.53. The number of alkyl halides is 3. The van der Waals surface area contributed by atoms with E-state index in [1.165, 1.54) is 0 Å². The van der Waals surface area contributed by atoms with E-state index in [1.54, 1.807) is 35.6 Å². The van der Waals surface area contributed by atoms with Gasteiger partial charge in [-0.1, -0.05) is 11.6 Å². The average Bonchev–Trinajstić information content (AvgIpc) is 3.09. The van der Waals surface area contributed by atoms with E-state index < -0.39 is 12.1 Å². The van der Waals surface area contributed by atoms with E-state index in [0.29, 0.717) is 23.7 Å². The first-order chi connectivity index (χ1) is 15.2. The molecule has 0 spiro atoms. The number of halogens is 4. The Morgan fingerprint density at radius 1 is 1.03 bits per heavy atom. The highest BCUT2D eigenvalue weighted by atomic mass is 35.5. The number of pyridine rings is 2.